The Morgan fingerprint density at radius 3 is 2.44 bits per heavy atom. The Bertz CT molecular complexity index is 587. The lowest BCUT2D eigenvalue weighted by molar-refractivity contribution is 0.0995. The van der Waals surface area contributed by atoms with Gasteiger partial charge in [-0.25, -0.2) is 8.78 Å². The zero-order valence-corrected chi connectivity index (χ0v) is 10.8. The number of halogens is 3. The third kappa shape index (κ3) is 2.43. The third-order valence-corrected chi connectivity index (χ3v) is 2.77. The van der Waals surface area contributed by atoms with E-state index in [1.54, 1.807) is 13.0 Å². The fourth-order valence-electron chi connectivity index (χ4n) is 1.44. The Morgan fingerprint density at radius 2 is 1.94 bits per heavy atom. The molecule has 0 spiro atoms. The number of hydrogen-bond donors (Lipinski definition) is 1. The molecule has 0 fully saturated rings. The van der Waals surface area contributed by atoms with Gasteiger partial charge in [0.2, 0.25) is 0 Å². The molecule has 18 heavy (non-hydrogen) atoms. The average molecular weight is 316 g/mol. The van der Waals surface area contributed by atoms with Crippen LogP contribution in [0.1, 0.15) is 16.1 Å². The van der Waals surface area contributed by atoms with Gasteiger partial charge in [-0.3, -0.25) is 4.79 Å². The maximum Gasteiger partial charge on any atom is 0.291 e. The van der Waals surface area contributed by atoms with Crippen molar-refractivity contribution in [1.82, 2.24) is 0 Å². The van der Waals surface area contributed by atoms with E-state index in [4.69, 9.17) is 4.42 Å². The Morgan fingerprint density at radius 1 is 1.33 bits per heavy atom. The van der Waals surface area contributed by atoms with Gasteiger partial charge in [-0.15, -0.1) is 0 Å². The summed E-state index contributed by atoms with van der Waals surface area (Å²) < 4.78 is 32.2. The standard InChI is InChI=1S/C12H8BrF2NO2/c1-6-2-3-18-11(6)12(17)16-10-8(14)4-7(13)5-9(10)15/h2-5H,1H3,(H,16,17). The van der Waals surface area contributed by atoms with Crippen LogP contribution in [0.2, 0.25) is 0 Å². The second-order valence-corrected chi connectivity index (χ2v) is 4.55. The van der Waals surface area contributed by atoms with Crippen molar-refractivity contribution in [2.24, 2.45) is 0 Å². The molecule has 0 unspecified atom stereocenters. The van der Waals surface area contributed by atoms with Crippen LogP contribution in [0.5, 0.6) is 0 Å². The number of hydrogen-bond acceptors (Lipinski definition) is 2. The van der Waals surface area contributed by atoms with Crippen molar-refractivity contribution < 1.29 is 18.0 Å². The normalized spacial score (nSPS) is 10.4. The molecule has 3 nitrogen and oxygen atoms in total. The first-order chi connectivity index (χ1) is 8.49. The highest BCUT2D eigenvalue weighted by Gasteiger charge is 2.18. The van der Waals surface area contributed by atoms with Crippen LogP contribution in [0.3, 0.4) is 0 Å². The van der Waals surface area contributed by atoms with E-state index in [2.05, 4.69) is 21.2 Å². The molecule has 0 bridgehead atoms. The van der Waals surface area contributed by atoms with Crippen molar-refractivity contribution in [1.29, 1.82) is 0 Å². The maximum atomic E-state index is 13.5. The predicted octanol–water partition coefficient (Wildman–Crippen LogP) is 3.88. The minimum Gasteiger partial charge on any atom is -0.459 e. The van der Waals surface area contributed by atoms with Gasteiger partial charge in [-0.2, -0.15) is 0 Å². The lowest BCUT2D eigenvalue weighted by Gasteiger charge is -2.07. The minimum atomic E-state index is -0.862. The van der Waals surface area contributed by atoms with E-state index >= 15 is 0 Å². The summed E-state index contributed by atoms with van der Waals surface area (Å²) >= 11 is 2.95. The summed E-state index contributed by atoms with van der Waals surface area (Å²) in [7, 11) is 0. The monoisotopic (exact) mass is 315 g/mol. The Kier molecular flexibility index (Phi) is 3.47. The lowest BCUT2D eigenvalue weighted by Crippen LogP contribution is -2.14. The Balaban J connectivity index is 2.31. The molecular formula is C12H8BrF2NO2. The quantitative estimate of drug-likeness (QED) is 0.913. The predicted molar refractivity (Wildman–Crippen MR) is 65.5 cm³/mol. The highest BCUT2D eigenvalue weighted by molar-refractivity contribution is 9.10. The second-order valence-electron chi connectivity index (χ2n) is 3.63. The smallest absolute Gasteiger partial charge is 0.291 e. The number of aryl methyl sites for hydroxylation is 1. The van der Waals surface area contributed by atoms with Crippen molar-refractivity contribution in [3.8, 4) is 0 Å². The summed E-state index contributed by atoms with van der Waals surface area (Å²) in [5, 5.41) is 2.15. The molecule has 0 aliphatic rings. The summed E-state index contributed by atoms with van der Waals surface area (Å²) in [6.07, 6.45) is 1.33. The molecule has 2 aromatic rings. The molecule has 0 aliphatic heterocycles. The molecule has 1 N–H and O–H groups in total. The van der Waals surface area contributed by atoms with Crippen LogP contribution >= 0.6 is 15.9 Å². The van der Waals surface area contributed by atoms with Gasteiger partial charge in [0.1, 0.15) is 5.69 Å². The number of carbonyl (C=O) groups excluding carboxylic acids is 1. The van der Waals surface area contributed by atoms with Crippen LogP contribution in [-0.2, 0) is 0 Å². The number of rotatable bonds is 2. The van der Waals surface area contributed by atoms with E-state index in [1.165, 1.54) is 6.26 Å². The summed E-state index contributed by atoms with van der Waals surface area (Å²) in [6, 6.07) is 3.71. The van der Waals surface area contributed by atoms with E-state index in [0.29, 0.717) is 5.56 Å². The largest absolute Gasteiger partial charge is 0.459 e. The first kappa shape index (κ1) is 12.8. The number of anilines is 1. The molecule has 2 rings (SSSR count). The van der Waals surface area contributed by atoms with Gasteiger partial charge in [-0.1, -0.05) is 15.9 Å². The van der Waals surface area contributed by atoms with E-state index in [-0.39, 0.29) is 10.2 Å². The molecule has 1 aromatic heterocycles. The van der Waals surface area contributed by atoms with Gasteiger partial charge in [0.25, 0.3) is 5.91 Å². The lowest BCUT2D eigenvalue weighted by atomic mass is 10.2. The van der Waals surface area contributed by atoms with E-state index in [1.807, 2.05) is 0 Å². The highest BCUT2D eigenvalue weighted by Crippen LogP contribution is 2.24. The summed E-state index contributed by atoms with van der Waals surface area (Å²) in [5.41, 5.74) is 0.0874. The maximum absolute atomic E-state index is 13.5. The van der Waals surface area contributed by atoms with Crippen molar-refractivity contribution in [3.63, 3.8) is 0 Å². The van der Waals surface area contributed by atoms with Crippen LogP contribution in [0.4, 0.5) is 14.5 Å². The van der Waals surface area contributed by atoms with Crippen LogP contribution in [0.15, 0.2) is 33.4 Å². The number of benzene rings is 1. The molecule has 0 saturated heterocycles. The molecule has 1 aromatic carbocycles. The Hall–Kier alpha value is -1.69. The molecule has 6 heteroatoms. The van der Waals surface area contributed by atoms with Crippen LogP contribution < -0.4 is 5.32 Å². The molecule has 0 radical (unpaired) electrons. The number of amides is 1. The van der Waals surface area contributed by atoms with E-state index in [0.717, 1.165) is 12.1 Å². The molecule has 0 atom stereocenters. The van der Waals surface area contributed by atoms with Crippen molar-refractivity contribution in [2.45, 2.75) is 6.92 Å². The zero-order chi connectivity index (χ0) is 13.3. The number of carbonyl (C=O) groups is 1. The van der Waals surface area contributed by atoms with Gasteiger partial charge in [0.05, 0.1) is 6.26 Å². The van der Waals surface area contributed by atoms with Crippen molar-refractivity contribution in [2.75, 3.05) is 5.32 Å². The van der Waals surface area contributed by atoms with Gasteiger partial charge in [0, 0.05) is 10.0 Å². The number of nitrogens with one attached hydrogen (secondary N) is 1. The Labute approximate surface area is 110 Å². The SMILES string of the molecule is Cc1ccoc1C(=O)Nc1c(F)cc(Br)cc1F. The fourth-order valence-corrected chi connectivity index (χ4v) is 1.84. The van der Waals surface area contributed by atoms with E-state index in [9.17, 15) is 13.6 Å². The summed E-state index contributed by atoms with van der Waals surface area (Å²) in [4.78, 5) is 11.7. The first-order valence-corrected chi connectivity index (χ1v) is 5.78. The van der Waals surface area contributed by atoms with Crippen molar-refractivity contribution in [3.05, 3.63) is 51.9 Å². The van der Waals surface area contributed by atoms with Crippen LogP contribution in [0, 0.1) is 18.6 Å². The molecule has 0 saturated carbocycles. The average Bonchev–Trinajstić information content (AvgIpc) is 2.69. The molecule has 0 aliphatic carbocycles. The molecule has 1 heterocycles. The van der Waals surface area contributed by atoms with Gasteiger partial charge >= 0.3 is 0 Å². The molecule has 94 valence electrons. The van der Waals surface area contributed by atoms with Crippen LogP contribution in [0.25, 0.3) is 0 Å². The topological polar surface area (TPSA) is 42.2 Å². The molecule has 1 amide bonds. The van der Waals surface area contributed by atoms with Crippen LogP contribution in [-0.4, -0.2) is 5.91 Å². The van der Waals surface area contributed by atoms with Gasteiger partial charge in [-0.05, 0) is 25.1 Å². The first-order valence-electron chi connectivity index (χ1n) is 4.99. The van der Waals surface area contributed by atoms with Gasteiger partial charge in [0.15, 0.2) is 17.4 Å². The summed E-state index contributed by atoms with van der Waals surface area (Å²) in [5.74, 6) is -2.40. The summed E-state index contributed by atoms with van der Waals surface area (Å²) in [6.45, 7) is 1.66. The zero-order valence-electron chi connectivity index (χ0n) is 9.26. The highest BCUT2D eigenvalue weighted by atomic mass is 79.9. The second kappa shape index (κ2) is 4.89. The van der Waals surface area contributed by atoms with Gasteiger partial charge < -0.3 is 9.73 Å². The van der Waals surface area contributed by atoms with Crippen molar-refractivity contribution >= 4 is 27.5 Å². The minimum absolute atomic E-state index is 0.0247. The third-order valence-electron chi connectivity index (χ3n) is 2.31. The number of furan rings is 1. The fraction of sp³-hybridized carbons (Fsp3) is 0.0833. The molecular weight excluding hydrogens is 308 g/mol. The van der Waals surface area contributed by atoms with E-state index < -0.39 is 23.2 Å².